The molecule has 0 aromatic rings. The molecule has 298 valence electrons. The van der Waals surface area contributed by atoms with Gasteiger partial charge in [0.1, 0.15) is 35.9 Å². The van der Waals surface area contributed by atoms with Crippen LogP contribution < -0.4 is 0 Å². The van der Waals surface area contributed by atoms with Crippen molar-refractivity contribution in [1.29, 1.82) is 0 Å². The van der Waals surface area contributed by atoms with Crippen LogP contribution in [0.3, 0.4) is 0 Å². The molecule has 12 heteroatoms. The second-order valence-corrected chi connectivity index (χ2v) is 16.7. The number of ether oxygens (including phenoxy) is 8. The third-order valence-electron chi connectivity index (χ3n) is 12.5. The minimum Gasteiger partial charge on any atom is -0.462 e. The molecule has 16 atom stereocenters. The zero-order valence-electron chi connectivity index (χ0n) is 32.8. The average Bonchev–Trinajstić information content (AvgIpc) is 3.44. The Hall–Kier alpha value is -1.97. The summed E-state index contributed by atoms with van der Waals surface area (Å²) in [7, 11) is 3.15. The van der Waals surface area contributed by atoms with Crippen LogP contribution in [-0.2, 0) is 42.7 Å². The molecule has 6 rings (SSSR count). The van der Waals surface area contributed by atoms with Crippen LogP contribution in [0.25, 0.3) is 0 Å². The maximum absolute atomic E-state index is 14.3. The summed E-state index contributed by atoms with van der Waals surface area (Å²) in [5.41, 5.74) is 0.562. The molecule has 3 N–H and O–H groups in total. The van der Waals surface area contributed by atoms with Gasteiger partial charge in [0.2, 0.25) is 0 Å². The van der Waals surface area contributed by atoms with Gasteiger partial charge in [0, 0.05) is 51.7 Å². The molecule has 2 bridgehead atoms. The van der Waals surface area contributed by atoms with Crippen molar-refractivity contribution in [3.05, 3.63) is 47.1 Å². The highest BCUT2D eigenvalue weighted by molar-refractivity contribution is 5.78. The Balaban J connectivity index is 1.39. The average molecular weight is 747 g/mol. The number of esters is 1. The molecule has 0 aromatic heterocycles. The Bertz CT molecular complexity index is 1440. The first-order valence-corrected chi connectivity index (χ1v) is 19.5. The van der Waals surface area contributed by atoms with E-state index in [1.807, 2.05) is 45.9 Å². The quantitative estimate of drug-likeness (QED) is 0.272. The lowest BCUT2D eigenvalue weighted by atomic mass is 9.70. The number of rotatable bonds is 5. The van der Waals surface area contributed by atoms with Gasteiger partial charge in [-0.2, -0.15) is 0 Å². The molecule has 0 aromatic carbocycles. The van der Waals surface area contributed by atoms with Crippen molar-refractivity contribution in [2.75, 3.05) is 20.8 Å². The van der Waals surface area contributed by atoms with Crippen LogP contribution in [0.5, 0.6) is 0 Å². The molecule has 0 amide bonds. The third kappa shape index (κ3) is 8.01. The smallest absolute Gasteiger partial charge is 0.316 e. The maximum atomic E-state index is 14.3. The molecule has 5 heterocycles. The number of carbonyl (C=O) groups is 1. The number of fused-ring (bicyclic) bond motifs is 2. The largest absolute Gasteiger partial charge is 0.462 e. The first-order valence-electron chi connectivity index (χ1n) is 19.5. The van der Waals surface area contributed by atoms with E-state index in [1.165, 1.54) is 0 Å². The molecule has 53 heavy (non-hydrogen) atoms. The summed E-state index contributed by atoms with van der Waals surface area (Å²) in [6.45, 7) is 14.0. The van der Waals surface area contributed by atoms with E-state index < -0.39 is 84.5 Å². The molecule has 0 radical (unpaired) electrons. The van der Waals surface area contributed by atoms with Crippen molar-refractivity contribution in [1.82, 2.24) is 0 Å². The fourth-order valence-electron chi connectivity index (χ4n) is 9.46. The van der Waals surface area contributed by atoms with Crippen LogP contribution in [0, 0.1) is 23.7 Å². The van der Waals surface area contributed by atoms with E-state index in [0.717, 1.165) is 11.1 Å². The highest BCUT2D eigenvalue weighted by Gasteiger charge is 2.61. The summed E-state index contributed by atoms with van der Waals surface area (Å²) < 4.78 is 50.3. The SMILES string of the molecule is CO[C@H]1C[C@H](O[C@@H]2/C(C)=C/C[C@@H]3C[C@@H](C[C@]4(C[C@H](O)[C@H](C)[C@@H](C(C)C)O4)O3)OC(=O)[C@@H]3C=C(C)[C@@H](OC)[C@H]4OC/C(=C/C=C/[C@@H]2C)[C@]43O)O[C@@H](C)[C@@H]1O. The monoisotopic (exact) mass is 746 g/mol. The summed E-state index contributed by atoms with van der Waals surface area (Å²) in [6, 6.07) is 0. The van der Waals surface area contributed by atoms with Crippen LogP contribution >= 0.6 is 0 Å². The van der Waals surface area contributed by atoms with E-state index in [0.29, 0.717) is 24.8 Å². The first kappa shape index (κ1) is 40.7. The molecular formula is C41H62O12. The summed E-state index contributed by atoms with van der Waals surface area (Å²) >= 11 is 0. The van der Waals surface area contributed by atoms with Gasteiger partial charge in [-0.1, -0.05) is 58.1 Å². The van der Waals surface area contributed by atoms with Crippen molar-refractivity contribution in [2.45, 2.75) is 159 Å². The van der Waals surface area contributed by atoms with E-state index in [-0.39, 0.29) is 43.3 Å². The number of allylic oxidation sites excluding steroid dienone is 2. The molecule has 4 saturated heterocycles. The minimum atomic E-state index is -1.71. The number of hydrogen-bond donors (Lipinski definition) is 3. The van der Waals surface area contributed by atoms with Crippen molar-refractivity contribution in [3.63, 3.8) is 0 Å². The Morgan fingerprint density at radius 2 is 1.72 bits per heavy atom. The number of aliphatic hydroxyl groups excluding tert-OH is 2. The normalized spacial score (nSPS) is 49.3. The topological polar surface area (TPSA) is 152 Å². The van der Waals surface area contributed by atoms with Crippen LogP contribution in [0.4, 0.5) is 0 Å². The van der Waals surface area contributed by atoms with Gasteiger partial charge in [-0.15, -0.1) is 0 Å². The van der Waals surface area contributed by atoms with Gasteiger partial charge >= 0.3 is 5.97 Å². The Labute approximate surface area is 314 Å². The molecule has 4 fully saturated rings. The molecule has 0 unspecified atom stereocenters. The van der Waals surface area contributed by atoms with Gasteiger partial charge in [-0.3, -0.25) is 4.79 Å². The first-order chi connectivity index (χ1) is 25.1. The summed E-state index contributed by atoms with van der Waals surface area (Å²) in [5, 5.41) is 34.5. The molecule has 0 saturated carbocycles. The second kappa shape index (κ2) is 16.3. The van der Waals surface area contributed by atoms with E-state index in [2.05, 4.69) is 26.8 Å². The van der Waals surface area contributed by atoms with E-state index >= 15 is 0 Å². The van der Waals surface area contributed by atoms with Crippen LogP contribution in [0.2, 0.25) is 0 Å². The predicted molar refractivity (Wildman–Crippen MR) is 194 cm³/mol. The maximum Gasteiger partial charge on any atom is 0.316 e. The molecule has 5 aliphatic heterocycles. The highest BCUT2D eigenvalue weighted by atomic mass is 16.7. The Morgan fingerprint density at radius 1 is 0.962 bits per heavy atom. The van der Waals surface area contributed by atoms with Gasteiger partial charge in [0.05, 0.1) is 43.2 Å². The zero-order valence-corrected chi connectivity index (χ0v) is 32.8. The fraction of sp³-hybridized carbons (Fsp3) is 0.780. The third-order valence-corrected chi connectivity index (χ3v) is 12.5. The van der Waals surface area contributed by atoms with Crippen LogP contribution in [-0.4, -0.2) is 121 Å². The Kier molecular flexibility index (Phi) is 12.5. The number of methoxy groups -OCH3 is 2. The standard InChI is InChI=1S/C41H62O12/c1-21(2)35-25(6)31(42)19-40(53-35)18-29-16-28(52-40)14-13-23(4)36(51-33-17-32(46-8)34(43)26(7)49-33)22(3)11-10-12-27-20-48-38-37(47-9)24(5)15-30(39(44)50-29)41(27,38)45/h10-13,15,21-22,25-26,28-38,42-43,45H,14,16-20H2,1-9H3/b11-10+,23-13+,27-12-/t22-,25-,26-,28+,29-,30-,31-,32-,33-,34-,35+,36-,37+,38+,40-,41+/m0/s1. The molecule has 1 spiro atoms. The van der Waals surface area contributed by atoms with Gasteiger partial charge < -0.3 is 53.2 Å². The fourth-order valence-corrected chi connectivity index (χ4v) is 9.46. The summed E-state index contributed by atoms with van der Waals surface area (Å²) in [5.74, 6) is -2.91. The molecule has 12 nitrogen and oxygen atoms in total. The van der Waals surface area contributed by atoms with Gasteiger partial charge in [0.25, 0.3) is 0 Å². The van der Waals surface area contributed by atoms with Gasteiger partial charge in [0.15, 0.2) is 12.1 Å². The van der Waals surface area contributed by atoms with Crippen molar-refractivity contribution < 1.29 is 58.0 Å². The van der Waals surface area contributed by atoms with Crippen molar-refractivity contribution in [3.8, 4) is 0 Å². The zero-order chi connectivity index (χ0) is 38.4. The summed E-state index contributed by atoms with van der Waals surface area (Å²) in [4.78, 5) is 14.3. The van der Waals surface area contributed by atoms with E-state index in [1.54, 1.807) is 20.3 Å². The van der Waals surface area contributed by atoms with E-state index in [4.69, 9.17) is 37.9 Å². The number of hydrogen-bond acceptors (Lipinski definition) is 12. The predicted octanol–water partition coefficient (Wildman–Crippen LogP) is 4.30. The van der Waals surface area contributed by atoms with Crippen molar-refractivity contribution in [2.24, 2.45) is 23.7 Å². The van der Waals surface area contributed by atoms with E-state index in [9.17, 15) is 20.1 Å². The van der Waals surface area contributed by atoms with Crippen molar-refractivity contribution >= 4 is 5.97 Å². The Morgan fingerprint density at radius 3 is 2.42 bits per heavy atom. The van der Waals surface area contributed by atoms with Crippen LogP contribution in [0.15, 0.2) is 47.1 Å². The lowest BCUT2D eigenvalue weighted by Crippen LogP contribution is -2.60. The van der Waals surface area contributed by atoms with Gasteiger partial charge in [-0.25, -0.2) is 0 Å². The lowest BCUT2D eigenvalue weighted by molar-refractivity contribution is -0.353. The van der Waals surface area contributed by atoms with Gasteiger partial charge in [-0.05, 0) is 49.8 Å². The number of carbonyl (C=O) groups excluding carboxylic acids is 1. The second-order valence-electron chi connectivity index (χ2n) is 16.7. The molecule has 1 aliphatic carbocycles. The minimum absolute atomic E-state index is 0.0999. The molecule has 6 aliphatic rings. The summed E-state index contributed by atoms with van der Waals surface area (Å²) in [6.07, 6.45) is 5.24. The number of aliphatic hydroxyl groups is 3. The lowest BCUT2D eigenvalue weighted by Gasteiger charge is -2.52. The highest BCUT2D eigenvalue weighted by Crippen LogP contribution is 2.48. The molecular weight excluding hydrogens is 684 g/mol. The van der Waals surface area contributed by atoms with Crippen LogP contribution in [0.1, 0.15) is 80.6 Å².